The van der Waals surface area contributed by atoms with Gasteiger partial charge in [-0.2, -0.15) is 0 Å². The number of nitrogens with zero attached hydrogens (tertiary/aromatic N) is 2. The molecule has 0 bridgehead atoms. The Bertz CT molecular complexity index is 444. The number of nitrogens with one attached hydrogen (secondary N) is 1. The average molecular weight is 246 g/mol. The summed E-state index contributed by atoms with van der Waals surface area (Å²) in [6.07, 6.45) is 7.84. The summed E-state index contributed by atoms with van der Waals surface area (Å²) in [4.78, 5) is 6.95. The normalized spacial score (nSPS) is 23.2. The lowest BCUT2D eigenvalue weighted by Crippen LogP contribution is -2.45. The van der Waals surface area contributed by atoms with Gasteiger partial charge in [-0.25, -0.2) is 0 Å². The molecule has 18 heavy (non-hydrogen) atoms. The van der Waals surface area contributed by atoms with E-state index < -0.39 is 0 Å². The average Bonchev–Trinajstić information content (AvgIpc) is 2.87. The molecule has 1 fully saturated rings. The number of anilines is 2. The van der Waals surface area contributed by atoms with Gasteiger partial charge in [-0.05, 0) is 44.7 Å². The molecule has 1 aromatic rings. The second-order valence-corrected chi connectivity index (χ2v) is 5.41. The number of piperidine rings is 1. The Morgan fingerprint density at radius 2 is 2.28 bits per heavy atom. The molecule has 1 aliphatic heterocycles. The summed E-state index contributed by atoms with van der Waals surface area (Å²) < 4.78 is 0. The minimum Gasteiger partial charge on any atom is -0.396 e. The maximum absolute atomic E-state index is 6.19. The SMILES string of the molecule is CNC1CCCN(c2c(N)cnc3c2CCC3)C1. The second-order valence-electron chi connectivity index (χ2n) is 5.41. The van der Waals surface area contributed by atoms with Gasteiger partial charge in [0.25, 0.3) is 0 Å². The Labute approximate surface area is 109 Å². The van der Waals surface area contributed by atoms with E-state index in [0.717, 1.165) is 31.6 Å². The zero-order valence-corrected chi connectivity index (χ0v) is 11.1. The number of fused-ring (bicyclic) bond motifs is 1. The van der Waals surface area contributed by atoms with Crippen LogP contribution in [0.1, 0.15) is 30.5 Å². The van der Waals surface area contributed by atoms with Crippen molar-refractivity contribution in [2.24, 2.45) is 0 Å². The number of aromatic nitrogens is 1. The highest BCUT2D eigenvalue weighted by Gasteiger charge is 2.26. The molecule has 1 atom stereocenters. The van der Waals surface area contributed by atoms with Gasteiger partial charge in [0.2, 0.25) is 0 Å². The van der Waals surface area contributed by atoms with Crippen molar-refractivity contribution in [2.75, 3.05) is 30.8 Å². The maximum atomic E-state index is 6.19. The first-order valence-corrected chi connectivity index (χ1v) is 6.98. The molecule has 4 heteroatoms. The first-order chi connectivity index (χ1) is 8.79. The van der Waals surface area contributed by atoms with Crippen LogP contribution >= 0.6 is 0 Å². The number of pyridine rings is 1. The summed E-state index contributed by atoms with van der Waals surface area (Å²) in [7, 11) is 2.05. The number of hydrogen-bond acceptors (Lipinski definition) is 4. The van der Waals surface area contributed by atoms with Crippen molar-refractivity contribution in [1.29, 1.82) is 0 Å². The van der Waals surface area contributed by atoms with Crippen molar-refractivity contribution < 1.29 is 0 Å². The topological polar surface area (TPSA) is 54.2 Å². The highest BCUT2D eigenvalue weighted by Crippen LogP contribution is 2.35. The fourth-order valence-corrected chi connectivity index (χ4v) is 3.30. The highest BCUT2D eigenvalue weighted by molar-refractivity contribution is 5.72. The van der Waals surface area contributed by atoms with Gasteiger partial charge in [0, 0.05) is 24.8 Å². The minimum atomic E-state index is 0.586. The van der Waals surface area contributed by atoms with Crippen LogP contribution in [0.25, 0.3) is 0 Å². The summed E-state index contributed by atoms with van der Waals surface area (Å²) in [6.45, 7) is 2.19. The molecular formula is C14H22N4. The zero-order chi connectivity index (χ0) is 12.5. The third-order valence-electron chi connectivity index (χ3n) is 4.25. The van der Waals surface area contributed by atoms with Crippen LogP contribution < -0.4 is 16.0 Å². The van der Waals surface area contributed by atoms with E-state index in [0.29, 0.717) is 6.04 Å². The van der Waals surface area contributed by atoms with Crippen molar-refractivity contribution in [1.82, 2.24) is 10.3 Å². The van der Waals surface area contributed by atoms with E-state index in [9.17, 15) is 0 Å². The van der Waals surface area contributed by atoms with Gasteiger partial charge in [-0.3, -0.25) is 4.98 Å². The highest BCUT2D eigenvalue weighted by atomic mass is 15.2. The summed E-state index contributed by atoms with van der Waals surface area (Å²) in [6, 6.07) is 0.586. The lowest BCUT2D eigenvalue weighted by molar-refractivity contribution is 0.449. The van der Waals surface area contributed by atoms with Crippen molar-refractivity contribution in [3.63, 3.8) is 0 Å². The lowest BCUT2D eigenvalue weighted by Gasteiger charge is -2.36. The molecule has 1 unspecified atom stereocenters. The number of nitrogen functional groups attached to an aromatic ring is 1. The fraction of sp³-hybridized carbons (Fsp3) is 0.643. The maximum Gasteiger partial charge on any atom is 0.0741 e. The van der Waals surface area contributed by atoms with Gasteiger partial charge in [-0.1, -0.05) is 0 Å². The molecule has 1 aliphatic carbocycles. The molecule has 0 aromatic carbocycles. The van der Waals surface area contributed by atoms with E-state index in [1.165, 1.54) is 36.2 Å². The largest absolute Gasteiger partial charge is 0.396 e. The molecule has 3 N–H and O–H groups in total. The van der Waals surface area contributed by atoms with Gasteiger partial charge >= 0.3 is 0 Å². The van der Waals surface area contributed by atoms with Gasteiger partial charge in [-0.15, -0.1) is 0 Å². The fourth-order valence-electron chi connectivity index (χ4n) is 3.30. The zero-order valence-electron chi connectivity index (χ0n) is 11.1. The number of hydrogen-bond donors (Lipinski definition) is 2. The van der Waals surface area contributed by atoms with E-state index >= 15 is 0 Å². The molecular weight excluding hydrogens is 224 g/mol. The first-order valence-electron chi connectivity index (χ1n) is 6.98. The van der Waals surface area contributed by atoms with Crippen molar-refractivity contribution >= 4 is 11.4 Å². The van der Waals surface area contributed by atoms with Crippen LogP contribution in [-0.4, -0.2) is 31.2 Å². The second kappa shape index (κ2) is 4.76. The van der Waals surface area contributed by atoms with Crippen LogP contribution in [0, 0.1) is 0 Å². The molecule has 4 nitrogen and oxygen atoms in total. The van der Waals surface area contributed by atoms with Crippen LogP contribution in [0.5, 0.6) is 0 Å². The van der Waals surface area contributed by atoms with E-state index in [4.69, 9.17) is 5.73 Å². The molecule has 1 aromatic heterocycles. The predicted molar refractivity (Wildman–Crippen MR) is 75.0 cm³/mol. The van der Waals surface area contributed by atoms with Gasteiger partial charge in [0.15, 0.2) is 0 Å². The Morgan fingerprint density at radius 3 is 3.11 bits per heavy atom. The first kappa shape index (κ1) is 11.8. The Morgan fingerprint density at radius 1 is 1.39 bits per heavy atom. The minimum absolute atomic E-state index is 0.586. The molecule has 1 saturated heterocycles. The van der Waals surface area contributed by atoms with Gasteiger partial charge in [0.1, 0.15) is 0 Å². The molecule has 3 rings (SSSR count). The van der Waals surface area contributed by atoms with E-state index in [2.05, 4.69) is 22.2 Å². The third-order valence-corrected chi connectivity index (χ3v) is 4.25. The number of nitrogens with two attached hydrogens (primary N) is 1. The summed E-state index contributed by atoms with van der Waals surface area (Å²) in [5.41, 5.74) is 11.0. The van der Waals surface area contributed by atoms with Crippen LogP contribution in [0.15, 0.2) is 6.20 Å². The molecule has 0 spiro atoms. The summed E-state index contributed by atoms with van der Waals surface area (Å²) in [5, 5.41) is 3.39. The van der Waals surface area contributed by atoms with Crippen molar-refractivity contribution in [3.8, 4) is 0 Å². The standard InChI is InChI=1S/C14H22N4/c1-16-10-4-3-7-18(9-10)14-11-5-2-6-13(11)17-8-12(14)15/h8,10,16H,2-7,9,15H2,1H3. The van der Waals surface area contributed by atoms with Crippen LogP contribution in [0.2, 0.25) is 0 Å². The van der Waals surface area contributed by atoms with Gasteiger partial charge < -0.3 is 16.0 Å². The van der Waals surface area contributed by atoms with Crippen molar-refractivity contribution in [3.05, 3.63) is 17.5 Å². The summed E-state index contributed by atoms with van der Waals surface area (Å²) >= 11 is 0. The Balaban J connectivity index is 1.94. The lowest BCUT2D eigenvalue weighted by atomic mass is 10.0. The molecule has 2 heterocycles. The smallest absolute Gasteiger partial charge is 0.0741 e. The Hall–Kier alpha value is -1.29. The van der Waals surface area contributed by atoms with E-state index in [1.807, 2.05) is 6.20 Å². The Kier molecular flexibility index (Phi) is 3.12. The van der Waals surface area contributed by atoms with E-state index in [-0.39, 0.29) is 0 Å². The van der Waals surface area contributed by atoms with Crippen LogP contribution in [0.3, 0.4) is 0 Å². The monoisotopic (exact) mass is 246 g/mol. The molecule has 0 amide bonds. The molecule has 2 aliphatic rings. The molecule has 98 valence electrons. The van der Waals surface area contributed by atoms with E-state index in [1.54, 1.807) is 0 Å². The van der Waals surface area contributed by atoms with Crippen LogP contribution in [0.4, 0.5) is 11.4 Å². The quantitative estimate of drug-likeness (QED) is 0.827. The molecule has 0 saturated carbocycles. The van der Waals surface area contributed by atoms with Crippen molar-refractivity contribution in [2.45, 2.75) is 38.1 Å². The predicted octanol–water partition coefficient (Wildman–Crippen LogP) is 1.34. The molecule has 0 radical (unpaired) electrons. The number of likely N-dealkylation sites (N-methyl/N-ethyl adjacent to an activating group) is 1. The van der Waals surface area contributed by atoms with Crippen LogP contribution in [-0.2, 0) is 12.8 Å². The summed E-state index contributed by atoms with van der Waals surface area (Å²) in [5.74, 6) is 0. The third kappa shape index (κ3) is 1.94. The van der Waals surface area contributed by atoms with Gasteiger partial charge in [0.05, 0.1) is 17.6 Å². The number of rotatable bonds is 2. The number of aryl methyl sites for hydroxylation is 1.